The molecule has 0 N–H and O–H groups in total. The van der Waals surface area contributed by atoms with E-state index in [4.69, 9.17) is 11.6 Å². The number of halogens is 1. The maximum absolute atomic E-state index is 5.98. The van der Waals surface area contributed by atoms with Crippen molar-refractivity contribution in [1.82, 2.24) is 0 Å². The summed E-state index contributed by atoms with van der Waals surface area (Å²) < 4.78 is 0. The van der Waals surface area contributed by atoms with Crippen LogP contribution >= 0.6 is 11.6 Å². The summed E-state index contributed by atoms with van der Waals surface area (Å²) in [5, 5.41) is 0.785. The van der Waals surface area contributed by atoms with E-state index in [2.05, 4.69) is 6.58 Å². The van der Waals surface area contributed by atoms with E-state index in [0.717, 1.165) is 16.2 Å². The first-order valence-corrected chi connectivity index (χ1v) is 4.17. The fourth-order valence-electron chi connectivity index (χ4n) is 1.05. The monoisotopic (exact) mass is 178 g/mol. The molecule has 0 unspecified atom stereocenters. The summed E-state index contributed by atoms with van der Waals surface area (Å²) in [6, 6.07) is 7.78. The van der Waals surface area contributed by atoms with Gasteiger partial charge in [-0.15, -0.1) is 0 Å². The molecule has 0 aliphatic rings. The summed E-state index contributed by atoms with van der Waals surface area (Å²) in [5.74, 6) is 0. The third kappa shape index (κ3) is 1.99. The quantitative estimate of drug-likeness (QED) is 0.602. The zero-order valence-corrected chi connectivity index (χ0v) is 7.81. The van der Waals surface area contributed by atoms with Gasteiger partial charge in [0.15, 0.2) is 0 Å². The fraction of sp³-hybridized carbons (Fsp3) is 0.0909. The first-order valence-electron chi connectivity index (χ1n) is 3.80. The molecule has 0 aliphatic carbocycles. The van der Waals surface area contributed by atoms with E-state index in [1.54, 1.807) is 6.08 Å². The summed E-state index contributed by atoms with van der Waals surface area (Å²) in [4.78, 5) is 0. The van der Waals surface area contributed by atoms with Gasteiger partial charge in [-0.1, -0.05) is 48.5 Å². The highest BCUT2D eigenvalue weighted by Gasteiger charge is 1.98. The van der Waals surface area contributed by atoms with Crippen LogP contribution in [-0.2, 0) is 0 Å². The van der Waals surface area contributed by atoms with Gasteiger partial charge in [-0.25, -0.2) is 0 Å². The Morgan fingerprint density at radius 2 is 2.08 bits per heavy atom. The van der Waals surface area contributed by atoms with E-state index >= 15 is 0 Å². The van der Waals surface area contributed by atoms with Gasteiger partial charge in [-0.2, -0.15) is 0 Å². The lowest BCUT2D eigenvalue weighted by Gasteiger charge is -2.02. The Bertz CT molecular complexity index is 311. The summed E-state index contributed by atoms with van der Waals surface area (Å²) in [6.45, 7) is 5.65. The molecule has 0 spiro atoms. The molecular formula is C11H11Cl. The molecule has 0 saturated heterocycles. The minimum Gasteiger partial charge on any atom is -0.0991 e. The van der Waals surface area contributed by atoms with Crippen molar-refractivity contribution in [1.29, 1.82) is 0 Å². The fourth-order valence-corrected chi connectivity index (χ4v) is 1.33. The molecule has 0 aliphatic heterocycles. The van der Waals surface area contributed by atoms with Gasteiger partial charge in [0.25, 0.3) is 0 Å². The van der Waals surface area contributed by atoms with Gasteiger partial charge in [0.1, 0.15) is 0 Å². The summed E-state index contributed by atoms with van der Waals surface area (Å²) >= 11 is 5.98. The molecule has 0 fully saturated rings. The largest absolute Gasteiger partial charge is 0.0991 e. The number of allylic oxidation sites excluding steroid dienone is 3. The number of hydrogen-bond acceptors (Lipinski definition) is 0. The SMILES string of the molecule is C=C/C=C(\C)c1ccccc1Cl. The van der Waals surface area contributed by atoms with Gasteiger partial charge in [0, 0.05) is 5.02 Å². The second-order valence-electron chi connectivity index (χ2n) is 2.57. The zero-order chi connectivity index (χ0) is 8.97. The van der Waals surface area contributed by atoms with Crippen LogP contribution in [0, 0.1) is 0 Å². The van der Waals surface area contributed by atoms with Crippen LogP contribution in [0.5, 0.6) is 0 Å². The molecule has 0 bridgehead atoms. The van der Waals surface area contributed by atoms with Crippen molar-refractivity contribution in [2.75, 3.05) is 0 Å². The highest BCUT2D eigenvalue weighted by Crippen LogP contribution is 2.22. The molecule has 12 heavy (non-hydrogen) atoms. The lowest BCUT2D eigenvalue weighted by Crippen LogP contribution is -1.79. The van der Waals surface area contributed by atoms with Gasteiger partial charge in [0.05, 0.1) is 0 Å². The minimum absolute atomic E-state index is 0.785. The van der Waals surface area contributed by atoms with Crippen LogP contribution in [0.1, 0.15) is 12.5 Å². The minimum atomic E-state index is 0.785. The molecule has 0 heterocycles. The first kappa shape index (κ1) is 9.08. The van der Waals surface area contributed by atoms with E-state index < -0.39 is 0 Å². The highest BCUT2D eigenvalue weighted by molar-refractivity contribution is 6.32. The van der Waals surface area contributed by atoms with E-state index in [0.29, 0.717) is 0 Å². The van der Waals surface area contributed by atoms with Crippen molar-refractivity contribution in [3.8, 4) is 0 Å². The molecule has 0 radical (unpaired) electrons. The van der Waals surface area contributed by atoms with E-state index in [1.165, 1.54) is 0 Å². The standard InChI is InChI=1S/C11H11Cl/c1-3-6-9(2)10-7-4-5-8-11(10)12/h3-8H,1H2,2H3/b9-6+. The van der Waals surface area contributed by atoms with Crippen LogP contribution in [-0.4, -0.2) is 0 Å². The maximum atomic E-state index is 5.98. The Hall–Kier alpha value is -1.01. The molecule has 0 aromatic heterocycles. The lowest BCUT2D eigenvalue weighted by atomic mass is 10.1. The number of rotatable bonds is 2. The van der Waals surface area contributed by atoms with Gasteiger partial charge in [-0.05, 0) is 24.1 Å². The predicted octanol–water partition coefficient (Wildman–Crippen LogP) is 3.93. The second-order valence-corrected chi connectivity index (χ2v) is 2.97. The summed E-state index contributed by atoms with van der Waals surface area (Å²) in [7, 11) is 0. The molecule has 0 nitrogen and oxygen atoms in total. The third-order valence-electron chi connectivity index (χ3n) is 1.67. The second kappa shape index (κ2) is 4.13. The Morgan fingerprint density at radius 3 is 2.67 bits per heavy atom. The van der Waals surface area contributed by atoms with Crippen LogP contribution in [0.4, 0.5) is 0 Å². The van der Waals surface area contributed by atoms with Crippen molar-refractivity contribution in [3.05, 3.63) is 53.6 Å². The Balaban J connectivity index is 3.10. The average Bonchev–Trinajstić information content (AvgIpc) is 2.05. The van der Waals surface area contributed by atoms with Gasteiger partial charge >= 0.3 is 0 Å². The molecule has 1 aromatic rings. The first-order chi connectivity index (χ1) is 5.75. The van der Waals surface area contributed by atoms with Crippen LogP contribution in [0.15, 0.2) is 43.0 Å². The summed E-state index contributed by atoms with van der Waals surface area (Å²) in [6.07, 6.45) is 3.71. The van der Waals surface area contributed by atoms with Gasteiger partial charge in [0.2, 0.25) is 0 Å². The number of hydrogen-bond donors (Lipinski definition) is 0. The van der Waals surface area contributed by atoms with Crippen LogP contribution < -0.4 is 0 Å². The third-order valence-corrected chi connectivity index (χ3v) is 2.00. The van der Waals surface area contributed by atoms with Crippen molar-refractivity contribution in [2.24, 2.45) is 0 Å². The zero-order valence-electron chi connectivity index (χ0n) is 7.05. The molecule has 1 heteroatoms. The van der Waals surface area contributed by atoms with Gasteiger partial charge < -0.3 is 0 Å². The van der Waals surface area contributed by atoms with Crippen LogP contribution in [0.3, 0.4) is 0 Å². The Kier molecular flexibility index (Phi) is 3.12. The smallest absolute Gasteiger partial charge is 0.0481 e. The van der Waals surface area contributed by atoms with Crippen molar-refractivity contribution < 1.29 is 0 Å². The number of benzene rings is 1. The van der Waals surface area contributed by atoms with E-state index in [-0.39, 0.29) is 0 Å². The maximum Gasteiger partial charge on any atom is 0.0481 e. The predicted molar refractivity (Wildman–Crippen MR) is 55.3 cm³/mol. The van der Waals surface area contributed by atoms with Gasteiger partial charge in [-0.3, -0.25) is 0 Å². The molecular weight excluding hydrogens is 168 g/mol. The topological polar surface area (TPSA) is 0 Å². The van der Waals surface area contributed by atoms with E-state index in [1.807, 2.05) is 37.3 Å². The Morgan fingerprint density at radius 1 is 1.42 bits per heavy atom. The lowest BCUT2D eigenvalue weighted by molar-refractivity contribution is 1.57. The molecule has 1 aromatic carbocycles. The Labute approximate surface area is 78.2 Å². The van der Waals surface area contributed by atoms with Crippen LogP contribution in [0.2, 0.25) is 5.02 Å². The van der Waals surface area contributed by atoms with Crippen LogP contribution in [0.25, 0.3) is 5.57 Å². The molecule has 0 atom stereocenters. The van der Waals surface area contributed by atoms with E-state index in [9.17, 15) is 0 Å². The molecule has 0 saturated carbocycles. The molecule has 62 valence electrons. The normalized spacial score (nSPS) is 11.3. The molecule has 1 rings (SSSR count). The van der Waals surface area contributed by atoms with Crippen molar-refractivity contribution >= 4 is 17.2 Å². The van der Waals surface area contributed by atoms with Crippen molar-refractivity contribution in [3.63, 3.8) is 0 Å². The average molecular weight is 179 g/mol. The molecule has 0 amide bonds. The highest BCUT2D eigenvalue weighted by atomic mass is 35.5. The van der Waals surface area contributed by atoms with Crippen molar-refractivity contribution in [2.45, 2.75) is 6.92 Å². The summed E-state index contributed by atoms with van der Waals surface area (Å²) in [5.41, 5.74) is 2.20.